The van der Waals surface area contributed by atoms with E-state index in [1.807, 2.05) is 12.1 Å². The molecule has 3 aliphatic heterocycles. The second kappa shape index (κ2) is 11.5. The number of piperazine rings is 1. The van der Waals surface area contributed by atoms with Crippen molar-refractivity contribution < 1.29 is 28.0 Å². The fraction of sp³-hybridized carbons (Fsp3) is 0.486. The molecule has 1 aliphatic carbocycles. The average Bonchev–Trinajstić information content (AvgIpc) is 3.28. The molecule has 8 nitrogen and oxygen atoms in total. The number of carbonyl (C=O) groups excluding carboxylic acids is 4. The predicted octanol–water partition coefficient (Wildman–Crippen LogP) is 4.93. The van der Waals surface area contributed by atoms with Gasteiger partial charge in [0.25, 0.3) is 11.8 Å². The van der Waals surface area contributed by atoms with Crippen LogP contribution in [0.15, 0.2) is 42.0 Å². The van der Waals surface area contributed by atoms with E-state index in [0.29, 0.717) is 25.2 Å². The van der Waals surface area contributed by atoms with Crippen LogP contribution in [0.25, 0.3) is 5.57 Å². The summed E-state index contributed by atoms with van der Waals surface area (Å²) in [5.74, 6) is -2.85. The minimum absolute atomic E-state index is 0.0720. The highest BCUT2D eigenvalue weighted by molar-refractivity contribution is 6.06. The number of nitrogens with zero attached hydrogens (tertiary/aromatic N) is 3. The van der Waals surface area contributed by atoms with E-state index < -0.39 is 35.1 Å². The van der Waals surface area contributed by atoms with Crippen LogP contribution in [0.2, 0.25) is 0 Å². The van der Waals surface area contributed by atoms with Crippen LogP contribution in [0.4, 0.5) is 8.78 Å². The summed E-state index contributed by atoms with van der Waals surface area (Å²) in [6.45, 7) is 10.9. The summed E-state index contributed by atoms with van der Waals surface area (Å²) in [5.41, 5.74) is 3.95. The molecule has 45 heavy (non-hydrogen) atoms. The molecule has 0 radical (unpaired) electrons. The third-order valence-electron chi connectivity index (χ3n) is 9.96. The van der Waals surface area contributed by atoms with Crippen molar-refractivity contribution in [1.82, 2.24) is 20.0 Å². The van der Waals surface area contributed by atoms with Gasteiger partial charge in [0, 0.05) is 50.2 Å². The van der Waals surface area contributed by atoms with E-state index in [4.69, 9.17) is 0 Å². The third kappa shape index (κ3) is 6.04. The lowest BCUT2D eigenvalue weighted by Gasteiger charge is -2.48. The van der Waals surface area contributed by atoms with Gasteiger partial charge in [-0.05, 0) is 85.9 Å². The van der Waals surface area contributed by atoms with Crippen molar-refractivity contribution in [3.05, 3.63) is 75.9 Å². The number of nitrogens with one attached hydrogen (secondary N) is 1. The number of allylic oxidation sites excluding steroid dienone is 1. The average molecular weight is 619 g/mol. The number of rotatable bonds is 5. The van der Waals surface area contributed by atoms with Gasteiger partial charge in [0.1, 0.15) is 17.7 Å². The van der Waals surface area contributed by atoms with E-state index in [1.165, 1.54) is 34.2 Å². The molecule has 2 saturated heterocycles. The van der Waals surface area contributed by atoms with Gasteiger partial charge in [-0.15, -0.1) is 0 Å². The second-order valence-electron chi connectivity index (χ2n) is 14.3. The van der Waals surface area contributed by atoms with Crippen molar-refractivity contribution in [3.63, 3.8) is 0 Å². The van der Waals surface area contributed by atoms with Gasteiger partial charge in [0.05, 0.1) is 5.56 Å². The van der Waals surface area contributed by atoms with Crippen LogP contribution >= 0.6 is 0 Å². The number of halogens is 2. The van der Waals surface area contributed by atoms with Gasteiger partial charge in [0.15, 0.2) is 0 Å². The molecule has 1 unspecified atom stereocenters. The monoisotopic (exact) mass is 618 g/mol. The molecule has 2 aromatic rings. The van der Waals surface area contributed by atoms with E-state index in [-0.39, 0.29) is 47.7 Å². The normalized spacial score (nSPS) is 23.3. The standard InChI is InChI=1S/C35H40F2N4O4/c1-34(2)12-11-22(27(17-34)21-5-7-24(36)8-6-21)18-40-14-13-39(20-35(40,3)4)32(44)26-15-23-19-41(33(45)25(23)16-28(26)37)29-9-10-30(42)38-31(29)43/h5-8,15-16,29H,9-14,17-20H2,1-4H3,(H,38,42,43). The number of carbonyl (C=O) groups is 4. The van der Waals surface area contributed by atoms with Gasteiger partial charge < -0.3 is 9.80 Å². The minimum Gasteiger partial charge on any atom is -0.335 e. The Labute approximate surface area is 262 Å². The maximum Gasteiger partial charge on any atom is 0.256 e. The smallest absolute Gasteiger partial charge is 0.256 e. The molecule has 0 spiro atoms. The van der Waals surface area contributed by atoms with Gasteiger partial charge >= 0.3 is 0 Å². The molecule has 6 rings (SSSR count). The highest BCUT2D eigenvalue weighted by Crippen LogP contribution is 2.44. The van der Waals surface area contributed by atoms with E-state index in [9.17, 15) is 23.6 Å². The lowest BCUT2D eigenvalue weighted by atomic mass is 9.72. The highest BCUT2D eigenvalue weighted by atomic mass is 19.1. The molecule has 0 aromatic heterocycles. The first-order valence-electron chi connectivity index (χ1n) is 15.7. The SMILES string of the molecule is CC1(C)CCC(CN2CCN(C(=O)c3cc4c(cc3F)C(=O)N(C3CCC(=O)NC3=O)C4)CC2(C)C)=C(c2ccc(F)cc2)C1. The Balaban J connectivity index is 1.18. The molecule has 238 valence electrons. The zero-order valence-electron chi connectivity index (χ0n) is 26.3. The number of hydrogen-bond acceptors (Lipinski definition) is 5. The number of imide groups is 1. The molecule has 3 heterocycles. The van der Waals surface area contributed by atoms with Gasteiger partial charge in [-0.25, -0.2) is 8.78 Å². The molecule has 0 bridgehead atoms. The number of fused-ring (bicyclic) bond motifs is 1. The van der Waals surface area contributed by atoms with Crippen LogP contribution in [0.1, 0.15) is 91.6 Å². The summed E-state index contributed by atoms with van der Waals surface area (Å²) < 4.78 is 29.1. The fourth-order valence-electron chi connectivity index (χ4n) is 7.27. The van der Waals surface area contributed by atoms with Crippen molar-refractivity contribution >= 4 is 29.2 Å². The highest BCUT2D eigenvalue weighted by Gasteiger charge is 2.42. The van der Waals surface area contributed by atoms with Crippen molar-refractivity contribution in [2.24, 2.45) is 5.41 Å². The maximum atomic E-state index is 15.4. The Bertz CT molecular complexity index is 1610. The number of amides is 4. The largest absolute Gasteiger partial charge is 0.335 e. The first-order valence-corrected chi connectivity index (χ1v) is 15.7. The Morgan fingerprint density at radius 1 is 1.00 bits per heavy atom. The van der Waals surface area contributed by atoms with Crippen LogP contribution < -0.4 is 5.32 Å². The summed E-state index contributed by atoms with van der Waals surface area (Å²) >= 11 is 0. The van der Waals surface area contributed by atoms with E-state index in [2.05, 4.69) is 37.9 Å². The summed E-state index contributed by atoms with van der Waals surface area (Å²) in [5, 5.41) is 2.26. The summed E-state index contributed by atoms with van der Waals surface area (Å²) in [4.78, 5) is 56.2. The van der Waals surface area contributed by atoms with Crippen LogP contribution in [0, 0.1) is 17.0 Å². The molecular formula is C35H40F2N4O4. The first kappa shape index (κ1) is 31.1. The minimum atomic E-state index is -0.812. The molecule has 4 aliphatic rings. The number of piperidine rings is 1. The van der Waals surface area contributed by atoms with Crippen molar-refractivity contribution in [3.8, 4) is 0 Å². The zero-order valence-corrected chi connectivity index (χ0v) is 26.3. The molecule has 0 saturated carbocycles. The molecular weight excluding hydrogens is 578 g/mol. The Morgan fingerprint density at radius 3 is 2.42 bits per heavy atom. The molecule has 2 fully saturated rings. The fourth-order valence-corrected chi connectivity index (χ4v) is 7.27. The topological polar surface area (TPSA) is 90.0 Å². The molecule has 4 amide bonds. The number of benzene rings is 2. The Morgan fingerprint density at radius 2 is 1.73 bits per heavy atom. The van der Waals surface area contributed by atoms with Crippen LogP contribution in [-0.4, -0.2) is 76.1 Å². The Hall–Kier alpha value is -3.92. The van der Waals surface area contributed by atoms with Crippen LogP contribution in [-0.2, 0) is 16.1 Å². The quantitative estimate of drug-likeness (QED) is 0.481. The van der Waals surface area contributed by atoms with Crippen LogP contribution in [0.5, 0.6) is 0 Å². The third-order valence-corrected chi connectivity index (χ3v) is 9.96. The summed E-state index contributed by atoms with van der Waals surface area (Å²) in [6.07, 6.45) is 3.25. The van der Waals surface area contributed by atoms with E-state index in [0.717, 1.165) is 37.4 Å². The van der Waals surface area contributed by atoms with Crippen LogP contribution in [0.3, 0.4) is 0 Å². The van der Waals surface area contributed by atoms with Gasteiger partial charge in [-0.3, -0.25) is 29.4 Å². The summed E-state index contributed by atoms with van der Waals surface area (Å²) in [6, 6.07) is 8.47. The predicted molar refractivity (Wildman–Crippen MR) is 165 cm³/mol. The Kier molecular flexibility index (Phi) is 7.92. The lowest BCUT2D eigenvalue weighted by Crippen LogP contribution is -2.60. The second-order valence-corrected chi connectivity index (χ2v) is 14.3. The van der Waals surface area contributed by atoms with E-state index in [1.54, 1.807) is 4.90 Å². The summed E-state index contributed by atoms with van der Waals surface area (Å²) in [7, 11) is 0. The van der Waals surface area contributed by atoms with Crippen molar-refractivity contribution in [2.45, 2.75) is 77.9 Å². The maximum absolute atomic E-state index is 15.4. The van der Waals surface area contributed by atoms with Gasteiger partial charge in [0.2, 0.25) is 11.8 Å². The van der Waals surface area contributed by atoms with E-state index >= 15 is 4.39 Å². The lowest BCUT2D eigenvalue weighted by molar-refractivity contribution is -0.136. The number of hydrogen-bond donors (Lipinski definition) is 1. The first-order chi connectivity index (χ1) is 21.2. The molecule has 2 aromatic carbocycles. The molecule has 1 atom stereocenters. The zero-order chi connectivity index (χ0) is 32.3. The van der Waals surface area contributed by atoms with Gasteiger partial charge in [-0.2, -0.15) is 0 Å². The molecule has 1 N–H and O–H groups in total. The van der Waals surface area contributed by atoms with Crippen molar-refractivity contribution in [1.29, 1.82) is 0 Å². The molecule has 10 heteroatoms. The van der Waals surface area contributed by atoms with Crippen molar-refractivity contribution in [2.75, 3.05) is 26.2 Å². The van der Waals surface area contributed by atoms with Gasteiger partial charge in [-0.1, -0.05) is 31.6 Å².